The number of aryl methyl sites for hydroxylation is 1. The highest BCUT2D eigenvalue weighted by molar-refractivity contribution is 5.98. The van der Waals surface area contributed by atoms with Crippen LogP contribution in [-0.4, -0.2) is 18.4 Å². The van der Waals surface area contributed by atoms with Gasteiger partial charge in [0.2, 0.25) is 0 Å². The van der Waals surface area contributed by atoms with E-state index < -0.39 is 5.97 Å². The Balaban J connectivity index is 1.78. The fraction of sp³-hybridized carbons (Fsp3) is 0.500. The minimum absolute atomic E-state index is 0.122. The summed E-state index contributed by atoms with van der Waals surface area (Å²) in [6.07, 6.45) is 12.3. The Morgan fingerprint density at radius 1 is 0.719 bits per heavy atom. The minimum atomic E-state index is -0.419. The molecule has 2 aromatic rings. The summed E-state index contributed by atoms with van der Waals surface area (Å²) < 4.78 is 11.3. The second-order valence-corrected chi connectivity index (χ2v) is 8.54. The smallest absolute Gasteiger partial charge is 0.338 e. The molecule has 0 saturated carbocycles. The van der Waals surface area contributed by atoms with Gasteiger partial charge in [0, 0.05) is 5.56 Å². The van der Waals surface area contributed by atoms with Gasteiger partial charge in [-0.15, -0.1) is 0 Å². The van der Waals surface area contributed by atoms with Crippen LogP contribution in [0.3, 0.4) is 0 Å². The minimum Gasteiger partial charge on any atom is -0.462 e. The molecule has 32 heavy (non-hydrogen) atoms. The number of ketones is 1. The topological polar surface area (TPSA) is 52.6 Å². The molecule has 0 radical (unpaired) electrons. The number of carbonyl (C=O) groups is 2. The van der Waals surface area contributed by atoms with Crippen molar-refractivity contribution in [2.45, 2.75) is 85.0 Å². The van der Waals surface area contributed by atoms with Gasteiger partial charge in [-0.3, -0.25) is 4.79 Å². The predicted octanol–water partition coefficient (Wildman–Crippen LogP) is 8.07. The zero-order valence-electron chi connectivity index (χ0n) is 20.0. The Morgan fingerprint density at radius 3 is 1.88 bits per heavy atom. The SMILES string of the molecule is CCCCCCCCCCCCOC(=O)c1cc(Oc2ccc(C)cc2)cc(C(C)=O)c1. The number of Topliss-reactive ketones (excluding diaryl/α,β-unsaturated/α-hetero) is 1. The lowest BCUT2D eigenvalue weighted by molar-refractivity contribution is 0.0497. The lowest BCUT2D eigenvalue weighted by atomic mass is 10.1. The summed E-state index contributed by atoms with van der Waals surface area (Å²) >= 11 is 0. The zero-order valence-corrected chi connectivity index (χ0v) is 20.0. The van der Waals surface area contributed by atoms with Crippen LogP contribution < -0.4 is 4.74 Å². The van der Waals surface area contributed by atoms with Crippen LogP contribution in [0, 0.1) is 6.92 Å². The van der Waals surface area contributed by atoms with Crippen LogP contribution in [0.25, 0.3) is 0 Å². The molecule has 0 aliphatic heterocycles. The van der Waals surface area contributed by atoms with E-state index in [1.165, 1.54) is 58.3 Å². The fourth-order valence-corrected chi connectivity index (χ4v) is 3.56. The molecule has 0 aromatic heterocycles. The second kappa shape index (κ2) is 14.4. The van der Waals surface area contributed by atoms with E-state index in [-0.39, 0.29) is 5.78 Å². The largest absolute Gasteiger partial charge is 0.462 e. The van der Waals surface area contributed by atoms with Gasteiger partial charge in [0.15, 0.2) is 5.78 Å². The molecule has 2 aromatic carbocycles. The third kappa shape index (κ3) is 9.67. The molecule has 2 rings (SSSR count). The molecular formula is C28H38O4. The molecule has 4 nitrogen and oxygen atoms in total. The average Bonchev–Trinajstić information content (AvgIpc) is 2.78. The molecule has 0 unspecified atom stereocenters. The summed E-state index contributed by atoms with van der Waals surface area (Å²) in [5, 5.41) is 0. The maximum absolute atomic E-state index is 12.5. The van der Waals surface area contributed by atoms with Crippen LogP contribution in [0.15, 0.2) is 42.5 Å². The van der Waals surface area contributed by atoms with E-state index >= 15 is 0 Å². The van der Waals surface area contributed by atoms with Gasteiger partial charge in [-0.1, -0.05) is 82.4 Å². The molecule has 0 atom stereocenters. The quantitative estimate of drug-likeness (QED) is 0.160. The van der Waals surface area contributed by atoms with Gasteiger partial charge in [-0.2, -0.15) is 0 Å². The Hall–Kier alpha value is -2.62. The van der Waals surface area contributed by atoms with Gasteiger partial charge in [0.25, 0.3) is 0 Å². The van der Waals surface area contributed by atoms with Crippen LogP contribution >= 0.6 is 0 Å². The summed E-state index contributed by atoms with van der Waals surface area (Å²) in [5.41, 5.74) is 1.90. The summed E-state index contributed by atoms with van der Waals surface area (Å²) in [6.45, 7) is 6.12. The zero-order chi connectivity index (χ0) is 23.2. The Labute approximate surface area is 193 Å². The highest BCUT2D eigenvalue weighted by Gasteiger charge is 2.13. The Bertz CT molecular complexity index is 839. The van der Waals surface area contributed by atoms with Crippen LogP contribution in [-0.2, 0) is 4.74 Å². The van der Waals surface area contributed by atoms with Gasteiger partial charge in [0.1, 0.15) is 11.5 Å². The predicted molar refractivity (Wildman–Crippen MR) is 130 cm³/mol. The number of hydrogen-bond donors (Lipinski definition) is 0. The number of carbonyl (C=O) groups excluding carboxylic acids is 2. The van der Waals surface area contributed by atoms with Crippen molar-refractivity contribution >= 4 is 11.8 Å². The van der Waals surface area contributed by atoms with Gasteiger partial charge < -0.3 is 9.47 Å². The first-order chi connectivity index (χ1) is 15.5. The monoisotopic (exact) mass is 438 g/mol. The maximum Gasteiger partial charge on any atom is 0.338 e. The number of benzene rings is 2. The summed E-state index contributed by atoms with van der Waals surface area (Å²) in [6, 6.07) is 12.5. The van der Waals surface area contributed by atoms with Gasteiger partial charge in [-0.25, -0.2) is 4.79 Å². The molecule has 0 aliphatic carbocycles. The van der Waals surface area contributed by atoms with Gasteiger partial charge in [0.05, 0.1) is 12.2 Å². The van der Waals surface area contributed by atoms with Crippen LogP contribution in [0.2, 0.25) is 0 Å². The van der Waals surface area contributed by atoms with Crippen molar-refractivity contribution in [2.24, 2.45) is 0 Å². The van der Waals surface area contributed by atoms with Crippen LogP contribution in [0.1, 0.15) is 104 Å². The number of hydrogen-bond acceptors (Lipinski definition) is 4. The van der Waals surface area contributed by atoms with E-state index in [2.05, 4.69) is 6.92 Å². The third-order valence-electron chi connectivity index (χ3n) is 5.54. The van der Waals surface area contributed by atoms with Crippen molar-refractivity contribution in [3.8, 4) is 11.5 Å². The van der Waals surface area contributed by atoms with Crippen molar-refractivity contribution in [3.63, 3.8) is 0 Å². The second-order valence-electron chi connectivity index (χ2n) is 8.54. The molecule has 0 saturated heterocycles. The van der Waals surface area contributed by atoms with E-state index in [4.69, 9.17) is 9.47 Å². The Morgan fingerprint density at radius 2 is 1.28 bits per heavy atom. The molecule has 0 bridgehead atoms. The number of rotatable bonds is 15. The molecule has 0 aliphatic rings. The van der Waals surface area contributed by atoms with Gasteiger partial charge in [-0.05, 0) is 50.6 Å². The van der Waals surface area contributed by atoms with E-state index in [1.807, 2.05) is 31.2 Å². The third-order valence-corrected chi connectivity index (χ3v) is 5.54. The first-order valence-corrected chi connectivity index (χ1v) is 12.1. The highest BCUT2D eigenvalue weighted by atomic mass is 16.5. The fourth-order valence-electron chi connectivity index (χ4n) is 3.56. The molecule has 4 heteroatoms. The van der Waals surface area contributed by atoms with E-state index in [1.54, 1.807) is 18.2 Å². The molecule has 0 N–H and O–H groups in total. The summed E-state index contributed by atoms with van der Waals surface area (Å²) in [5.74, 6) is 0.564. The van der Waals surface area contributed by atoms with Crippen molar-refractivity contribution in [1.82, 2.24) is 0 Å². The molecule has 174 valence electrons. The van der Waals surface area contributed by atoms with Crippen LogP contribution in [0.4, 0.5) is 0 Å². The molecule has 0 fully saturated rings. The Kier molecular flexibility index (Phi) is 11.6. The first kappa shape index (κ1) is 25.6. The van der Waals surface area contributed by atoms with Crippen molar-refractivity contribution < 1.29 is 19.1 Å². The van der Waals surface area contributed by atoms with E-state index in [0.717, 1.165) is 18.4 Å². The highest BCUT2D eigenvalue weighted by Crippen LogP contribution is 2.25. The average molecular weight is 439 g/mol. The van der Waals surface area contributed by atoms with Gasteiger partial charge >= 0.3 is 5.97 Å². The number of unbranched alkanes of at least 4 members (excludes halogenated alkanes) is 9. The van der Waals surface area contributed by atoms with Crippen molar-refractivity contribution in [2.75, 3.05) is 6.61 Å². The molecule has 0 amide bonds. The van der Waals surface area contributed by atoms with Crippen LogP contribution in [0.5, 0.6) is 11.5 Å². The number of esters is 1. The summed E-state index contributed by atoms with van der Waals surface area (Å²) in [7, 11) is 0. The summed E-state index contributed by atoms with van der Waals surface area (Å²) in [4.78, 5) is 24.5. The molecule has 0 heterocycles. The van der Waals surface area contributed by atoms with Crippen molar-refractivity contribution in [3.05, 3.63) is 59.2 Å². The lowest BCUT2D eigenvalue weighted by Crippen LogP contribution is -2.08. The standard InChI is InChI=1S/C28H38O4/c1-4-5-6-7-8-9-10-11-12-13-18-31-28(30)25-19-24(23(3)29)20-27(21-25)32-26-16-14-22(2)15-17-26/h14-17,19-21H,4-13,18H2,1-3H3. The maximum atomic E-state index is 12.5. The molecular weight excluding hydrogens is 400 g/mol. The van der Waals surface area contributed by atoms with E-state index in [9.17, 15) is 9.59 Å². The van der Waals surface area contributed by atoms with Crippen molar-refractivity contribution in [1.29, 1.82) is 0 Å². The number of ether oxygens (including phenoxy) is 2. The molecule has 0 spiro atoms. The first-order valence-electron chi connectivity index (χ1n) is 12.1. The normalized spacial score (nSPS) is 10.7. The lowest BCUT2D eigenvalue weighted by Gasteiger charge is -2.10. The van der Waals surface area contributed by atoms with E-state index in [0.29, 0.717) is 29.2 Å².